The van der Waals surface area contributed by atoms with Crippen LogP contribution in [0.25, 0.3) is 17.0 Å². The van der Waals surface area contributed by atoms with Gasteiger partial charge in [0.2, 0.25) is 5.91 Å². The number of carboxylic acid groups (broad SMARTS) is 1. The van der Waals surface area contributed by atoms with E-state index in [4.69, 9.17) is 5.11 Å². The first-order valence-corrected chi connectivity index (χ1v) is 6.20. The quantitative estimate of drug-likeness (QED) is 0.724. The van der Waals surface area contributed by atoms with Crippen LogP contribution in [0.1, 0.15) is 29.4 Å². The lowest BCUT2D eigenvalue weighted by Crippen LogP contribution is -2.20. The highest BCUT2D eigenvalue weighted by Gasteiger charge is 2.12. The Labute approximate surface area is 115 Å². The highest BCUT2D eigenvalue weighted by molar-refractivity contribution is 6.01. The lowest BCUT2D eigenvalue weighted by molar-refractivity contribution is -0.118. The maximum absolute atomic E-state index is 11.0. The SMILES string of the molecule is CC(=O)NCCC=Cc1ccc2[nH]nc(C(=O)O)c2c1. The lowest BCUT2D eigenvalue weighted by Gasteiger charge is -1.98. The molecule has 0 aliphatic heterocycles. The first-order chi connectivity index (χ1) is 9.58. The minimum atomic E-state index is -1.05. The topological polar surface area (TPSA) is 95.1 Å². The van der Waals surface area contributed by atoms with Crippen LogP contribution in [-0.2, 0) is 4.79 Å². The molecule has 0 radical (unpaired) electrons. The molecule has 0 fully saturated rings. The van der Waals surface area contributed by atoms with Crippen LogP contribution in [0.2, 0.25) is 0 Å². The van der Waals surface area contributed by atoms with Crippen LogP contribution in [0.3, 0.4) is 0 Å². The number of fused-ring (bicyclic) bond motifs is 1. The lowest BCUT2D eigenvalue weighted by atomic mass is 10.1. The summed E-state index contributed by atoms with van der Waals surface area (Å²) in [7, 11) is 0. The molecule has 0 atom stereocenters. The van der Waals surface area contributed by atoms with E-state index >= 15 is 0 Å². The van der Waals surface area contributed by atoms with Gasteiger partial charge in [-0.05, 0) is 24.1 Å². The molecule has 1 amide bonds. The summed E-state index contributed by atoms with van der Waals surface area (Å²) in [6, 6.07) is 5.44. The zero-order valence-corrected chi connectivity index (χ0v) is 11.0. The Balaban J connectivity index is 2.11. The predicted octanol–water partition coefficient (Wildman–Crippen LogP) is 1.80. The Morgan fingerprint density at radius 2 is 2.25 bits per heavy atom. The molecule has 1 heterocycles. The van der Waals surface area contributed by atoms with E-state index in [0.717, 1.165) is 12.0 Å². The number of amides is 1. The summed E-state index contributed by atoms with van der Waals surface area (Å²) in [5.41, 5.74) is 1.61. The van der Waals surface area contributed by atoms with E-state index in [2.05, 4.69) is 15.5 Å². The van der Waals surface area contributed by atoms with Crippen LogP contribution in [0.15, 0.2) is 24.3 Å². The second-order valence-electron chi connectivity index (χ2n) is 4.36. The number of benzene rings is 1. The zero-order valence-electron chi connectivity index (χ0n) is 11.0. The molecular weight excluding hydrogens is 258 g/mol. The molecule has 1 aromatic carbocycles. The Hall–Kier alpha value is -2.63. The van der Waals surface area contributed by atoms with Crippen molar-refractivity contribution in [1.82, 2.24) is 15.5 Å². The van der Waals surface area contributed by atoms with Crippen LogP contribution in [0, 0.1) is 0 Å². The predicted molar refractivity (Wildman–Crippen MR) is 75.4 cm³/mol. The van der Waals surface area contributed by atoms with Gasteiger partial charge in [-0.3, -0.25) is 9.89 Å². The van der Waals surface area contributed by atoms with Crippen LogP contribution < -0.4 is 5.32 Å². The summed E-state index contributed by atoms with van der Waals surface area (Å²) < 4.78 is 0. The van der Waals surface area contributed by atoms with Gasteiger partial charge < -0.3 is 10.4 Å². The molecule has 0 aliphatic carbocycles. The Morgan fingerprint density at radius 3 is 2.95 bits per heavy atom. The van der Waals surface area contributed by atoms with Crippen molar-refractivity contribution in [2.45, 2.75) is 13.3 Å². The monoisotopic (exact) mass is 273 g/mol. The van der Waals surface area contributed by atoms with Crippen molar-refractivity contribution >= 4 is 28.9 Å². The van der Waals surface area contributed by atoms with Crippen molar-refractivity contribution in [3.8, 4) is 0 Å². The van der Waals surface area contributed by atoms with Crippen LogP contribution in [0.4, 0.5) is 0 Å². The van der Waals surface area contributed by atoms with Crippen LogP contribution in [0.5, 0.6) is 0 Å². The maximum Gasteiger partial charge on any atom is 0.357 e. The molecule has 0 bridgehead atoms. The molecule has 2 rings (SSSR count). The zero-order chi connectivity index (χ0) is 14.5. The van der Waals surface area contributed by atoms with Gasteiger partial charge in [0.05, 0.1) is 5.52 Å². The van der Waals surface area contributed by atoms with Gasteiger partial charge in [-0.2, -0.15) is 5.10 Å². The van der Waals surface area contributed by atoms with Gasteiger partial charge >= 0.3 is 5.97 Å². The summed E-state index contributed by atoms with van der Waals surface area (Å²) in [4.78, 5) is 21.7. The average Bonchev–Trinajstić information content (AvgIpc) is 2.81. The van der Waals surface area contributed by atoms with Crippen molar-refractivity contribution in [3.63, 3.8) is 0 Å². The summed E-state index contributed by atoms with van der Waals surface area (Å²) in [6.07, 6.45) is 4.53. The summed E-state index contributed by atoms with van der Waals surface area (Å²) in [6.45, 7) is 2.06. The fourth-order valence-electron chi connectivity index (χ4n) is 1.85. The van der Waals surface area contributed by atoms with E-state index in [9.17, 15) is 9.59 Å². The standard InChI is InChI=1S/C14H15N3O3/c1-9(18)15-7-3-2-4-10-5-6-12-11(8-10)13(14(19)20)17-16-12/h2,4-6,8H,3,7H2,1H3,(H,15,18)(H,16,17)(H,19,20). The number of carboxylic acids is 1. The summed E-state index contributed by atoms with van der Waals surface area (Å²) in [5, 5.41) is 18.8. The molecular formula is C14H15N3O3. The molecule has 1 aromatic heterocycles. The number of H-pyrrole nitrogens is 1. The highest BCUT2D eigenvalue weighted by atomic mass is 16.4. The van der Waals surface area contributed by atoms with E-state index < -0.39 is 5.97 Å². The van der Waals surface area contributed by atoms with E-state index in [1.54, 1.807) is 12.1 Å². The Bertz CT molecular complexity index is 673. The Morgan fingerprint density at radius 1 is 1.45 bits per heavy atom. The van der Waals surface area contributed by atoms with Crippen molar-refractivity contribution in [3.05, 3.63) is 35.5 Å². The molecule has 0 unspecified atom stereocenters. The van der Waals surface area contributed by atoms with Gasteiger partial charge in [0.15, 0.2) is 5.69 Å². The van der Waals surface area contributed by atoms with Crippen molar-refractivity contribution in [1.29, 1.82) is 0 Å². The molecule has 6 heteroatoms. The number of carbonyl (C=O) groups is 2. The highest BCUT2D eigenvalue weighted by Crippen LogP contribution is 2.18. The maximum atomic E-state index is 11.0. The van der Waals surface area contributed by atoms with Gasteiger partial charge in [0.25, 0.3) is 0 Å². The fourth-order valence-corrected chi connectivity index (χ4v) is 1.85. The number of hydrogen-bond donors (Lipinski definition) is 3. The normalized spacial score (nSPS) is 11.1. The second kappa shape index (κ2) is 6.01. The molecule has 0 aliphatic rings. The third-order valence-electron chi connectivity index (χ3n) is 2.78. The van der Waals surface area contributed by atoms with Gasteiger partial charge in [0.1, 0.15) is 0 Å². The first-order valence-electron chi connectivity index (χ1n) is 6.20. The number of aromatic nitrogens is 2. The Kier molecular flexibility index (Phi) is 4.14. The van der Waals surface area contributed by atoms with E-state index in [1.807, 2.05) is 18.2 Å². The largest absolute Gasteiger partial charge is 0.476 e. The minimum Gasteiger partial charge on any atom is -0.476 e. The minimum absolute atomic E-state index is 0.0218. The van der Waals surface area contributed by atoms with E-state index in [0.29, 0.717) is 17.4 Å². The number of aromatic carboxylic acids is 1. The van der Waals surface area contributed by atoms with Crippen LogP contribution in [-0.4, -0.2) is 33.7 Å². The number of hydrogen-bond acceptors (Lipinski definition) is 3. The van der Waals surface area contributed by atoms with E-state index in [1.165, 1.54) is 6.92 Å². The van der Waals surface area contributed by atoms with Gasteiger partial charge in [-0.1, -0.05) is 18.2 Å². The third-order valence-corrected chi connectivity index (χ3v) is 2.78. The van der Waals surface area contributed by atoms with Gasteiger partial charge in [0, 0.05) is 18.9 Å². The van der Waals surface area contributed by atoms with Crippen molar-refractivity contribution in [2.24, 2.45) is 0 Å². The molecule has 20 heavy (non-hydrogen) atoms. The molecule has 2 aromatic rings. The second-order valence-corrected chi connectivity index (χ2v) is 4.36. The first kappa shape index (κ1) is 13.8. The molecule has 0 saturated carbocycles. The number of carbonyl (C=O) groups excluding carboxylic acids is 1. The summed E-state index contributed by atoms with van der Waals surface area (Å²) >= 11 is 0. The van der Waals surface area contributed by atoms with Gasteiger partial charge in [-0.15, -0.1) is 0 Å². The number of rotatable bonds is 5. The smallest absolute Gasteiger partial charge is 0.357 e. The number of nitrogens with zero attached hydrogens (tertiary/aromatic N) is 1. The van der Waals surface area contributed by atoms with E-state index in [-0.39, 0.29) is 11.6 Å². The summed E-state index contributed by atoms with van der Waals surface area (Å²) in [5.74, 6) is -1.10. The fraction of sp³-hybridized carbons (Fsp3) is 0.214. The van der Waals surface area contributed by atoms with Crippen molar-refractivity contribution < 1.29 is 14.7 Å². The third kappa shape index (κ3) is 3.23. The van der Waals surface area contributed by atoms with Crippen molar-refractivity contribution in [2.75, 3.05) is 6.54 Å². The van der Waals surface area contributed by atoms with Crippen LogP contribution >= 0.6 is 0 Å². The number of aromatic amines is 1. The molecule has 3 N–H and O–H groups in total. The molecule has 0 spiro atoms. The number of nitrogens with one attached hydrogen (secondary N) is 2. The molecule has 6 nitrogen and oxygen atoms in total. The van der Waals surface area contributed by atoms with Gasteiger partial charge in [-0.25, -0.2) is 4.79 Å². The molecule has 104 valence electrons. The molecule has 0 saturated heterocycles. The average molecular weight is 273 g/mol.